The van der Waals surface area contributed by atoms with Crippen LogP contribution in [-0.2, 0) is 19.3 Å². The van der Waals surface area contributed by atoms with Crippen LogP contribution >= 0.6 is 0 Å². The summed E-state index contributed by atoms with van der Waals surface area (Å²) in [5.41, 5.74) is 19.8. The van der Waals surface area contributed by atoms with E-state index in [1.807, 2.05) is 0 Å². The maximum Gasteiger partial charge on any atom is 0.00276 e. The van der Waals surface area contributed by atoms with Crippen molar-refractivity contribution in [3.8, 4) is 0 Å². The van der Waals surface area contributed by atoms with Crippen LogP contribution in [-0.4, -0.2) is 0 Å². The highest BCUT2D eigenvalue weighted by atomic mass is 14.6. The zero-order valence-corrected chi connectivity index (χ0v) is 28.2. The van der Waals surface area contributed by atoms with Crippen molar-refractivity contribution in [3.05, 3.63) is 157 Å². The van der Waals surface area contributed by atoms with Gasteiger partial charge in [-0.25, -0.2) is 0 Å². The zero-order valence-electron chi connectivity index (χ0n) is 28.2. The first-order valence-electron chi connectivity index (χ1n) is 16.0. The van der Waals surface area contributed by atoms with Crippen molar-refractivity contribution in [1.82, 2.24) is 0 Å². The van der Waals surface area contributed by atoms with E-state index in [2.05, 4.69) is 154 Å². The summed E-state index contributed by atoms with van der Waals surface area (Å²) in [6.45, 7) is 23.7. The van der Waals surface area contributed by atoms with Gasteiger partial charge in [0.05, 0.1) is 0 Å². The minimum absolute atomic E-state index is 0.103. The summed E-state index contributed by atoms with van der Waals surface area (Å²) in [6.07, 6.45) is 2.98. The summed E-state index contributed by atoms with van der Waals surface area (Å²) < 4.78 is 0. The molecule has 5 rings (SSSR count). The molecule has 2 atom stereocenters. The topological polar surface area (TPSA) is 0 Å². The maximum absolute atomic E-state index is 2.59. The molecule has 0 spiro atoms. The number of hydrogen-bond donors (Lipinski definition) is 0. The van der Waals surface area contributed by atoms with Crippen molar-refractivity contribution in [2.24, 2.45) is 10.8 Å². The SMILES string of the molecule is CC1=C(Cc2ccccc2)C(C)(Cc2ccc(C)cc2C)C(C)(Cc2cccc(C)c2C)C(C)=C1c1cccc(C)c1C. The minimum Gasteiger partial charge on any atom is -0.0622 e. The fourth-order valence-electron chi connectivity index (χ4n) is 7.86. The van der Waals surface area contributed by atoms with Crippen molar-refractivity contribution >= 4 is 5.57 Å². The largest absolute Gasteiger partial charge is 0.0622 e. The van der Waals surface area contributed by atoms with E-state index in [-0.39, 0.29) is 10.8 Å². The standard InChI is InChI=1S/C43H50/c1-28-22-23-37(31(4)24-28)26-43(10)40(25-36-18-12-11-13-19-36)34(7)41(39-21-15-17-30(3)33(39)6)35(8)42(43,9)27-38-20-14-16-29(2)32(38)5/h11-24H,25-27H2,1-10H3. The Labute approximate surface area is 261 Å². The van der Waals surface area contributed by atoms with Gasteiger partial charge < -0.3 is 0 Å². The van der Waals surface area contributed by atoms with E-state index >= 15 is 0 Å². The zero-order chi connectivity index (χ0) is 31.1. The second kappa shape index (κ2) is 11.8. The Balaban J connectivity index is 1.84. The Morgan fingerprint density at radius 3 is 1.84 bits per heavy atom. The van der Waals surface area contributed by atoms with Crippen molar-refractivity contribution in [2.75, 3.05) is 0 Å². The lowest BCUT2D eigenvalue weighted by atomic mass is 9.49. The van der Waals surface area contributed by atoms with Gasteiger partial charge in [-0.3, -0.25) is 0 Å². The van der Waals surface area contributed by atoms with Crippen LogP contribution < -0.4 is 0 Å². The van der Waals surface area contributed by atoms with E-state index < -0.39 is 0 Å². The molecule has 0 saturated carbocycles. The molecule has 0 amide bonds. The summed E-state index contributed by atoms with van der Waals surface area (Å²) in [4.78, 5) is 0. The first kappa shape index (κ1) is 30.8. The van der Waals surface area contributed by atoms with Crippen LogP contribution in [0.4, 0.5) is 0 Å². The fourth-order valence-corrected chi connectivity index (χ4v) is 7.86. The van der Waals surface area contributed by atoms with Gasteiger partial charge in [0.1, 0.15) is 0 Å². The molecule has 0 bridgehead atoms. The Morgan fingerprint density at radius 1 is 0.535 bits per heavy atom. The molecular weight excluding hydrogens is 516 g/mol. The predicted octanol–water partition coefficient (Wildman–Crippen LogP) is 11.4. The predicted molar refractivity (Wildman–Crippen MR) is 187 cm³/mol. The summed E-state index contributed by atoms with van der Waals surface area (Å²) in [5.74, 6) is 0. The molecule has 4 aromatic rings. The van der Waals surface area contributed by atoms with Gasteiger partial charge in [-0.15, -0.1) is 0 Å². The molecule has 0 saturated heterocycles. The Hall–Kier alpha value is -3.64. The molecule has 0 nitrogen and oxygen atoms in total. The Bertz CT molecular complexity index is 1730. The molecule has 1 aliphatic carbocycles. The van der Waals surface area contributed by atoms with Crippen molar-refractivity contribution in [1.29, 1.82) is 0 Å². The highest BCUT2D eigenvalue weighted by Gasteiger charge is 2.52. The van der Waals surface area contributed by atoms with E-state index in [0.29, 0.717) is 0 Å². The number of hydrogen-bond acceptors (Lipinski definition) is 0. The lowest BCUT2D eigenvalue weighted by molar-refractivity contribution is 0.141. The number of allylic oxidation sites excluding steroid dienone is 4. The molecule has 0 aromatic heterocycles. The normalized spacial score (nSPS) is 20.6. The van der Waals surface area contributed by atoms with Crippen LogP contribution in [0.3, 0.4) is 0 Å². The second-order valence-corrected chi connectivity index (χ2v) is 13.8. The van der Waals surface area contributed by atoms with Gasteiger partial charge in [-0.1, -0.05) is 115 Å². The fraction of sp³-hybridized carbons (Fsp3) is 0.349. The third-order valence-electron chi connectivity index (χ3n) is 11.3. The molecule has 0 N–H and O–H groups in total. The molecule has 0 aliphatic heterocycles. The monoisotopic (exact) mass is 566 g/mol. The number of benzene rings is 4. The molecule has 0 heteroatoms. The average molecular weight is 567 g/mol. The van der Waals surface area contributed by atoms with E-state index in [1.165, 1.54) is 72.4 Å². The van der Waals surface area contributed by atoms with Gasteiger partial charge in [-0.2, -0.15) is 0 Å². The van der Waals surface area contributed by atoms with Crippen molar-refractivity contribution < 1.29 is 0 Å². The van der Waals surface area contributed by atoms with Crippen LogP contribution in [0.5, 0.6) is 0 Å². The molecule has 0 fully saturated rings. The summed E-state index contributed by atoms with van der Waals surface area (Å²) in [7, 11) is 0. The molecule has 43 heavy (non-hydrogen) atoms. The van der Waals surface area contributed by atoms with Gasteiger partial charge in [0.15, 0.2) is 0 Å². The maximum atomic E-state index is 2.59. The van der Waals surface area contributed by atoms with Crippen LogP contribution in [0, 0.1) is 52.4 Å². The summed E-state index contributed by atoms with van der Waals surface area (Å²) >= 11 is 0. The summed E-state index contributed by atoms with van der Waals surface area (Å²) in [5, 5.41) is 0. The van der Waals surface area contributed by atoms with Crippen molar-refractivity contribution in [2.45, 2.75) is 88.5 Å². The minimum atomic E-state index is -0.113. The van der Waals surface area contributed by atoms with Gasteiger partial charge in [-0.05, 0) is 136 Å². The van der Waals surface area contributed by atoms with Crippen LogP contribution in [0.1, 0.15) is 83.3 Å². The van der Waals surface area contributed by atoms with Crippen LogP contribution in [0.2, 0.25) is 0 Å². The van der Waals surface area contributed by atoms with E-state index in [0.717, 1.165) is 19.3 Å². The van der Waals surface area contributed by atoms with Crippen molar-refractivity contribution in [3.63, 3.8) is 0 Å². The average Bonchev–Trinajstić information content (AvgIpc) is 2.97. The Morgan fingerprint density at radius 2 is 1.16 bits per heavy atom. The molecule has 4 aromatic carbocycles. The third kappa shape index (κ3) is 5.46. The lowest BCUT2D eigenvalue weighted by Crippen LogP contribution is -2.47. The molecule has 0 radical (unpaired) electrons. The quantitative estimate of drug-likeness (QED) is 0.209. The van der Waals surface area contributed by atoms with E-state index in [1.54, 1.807) is 5.57 Å². The van der Waals surface area contributed by atoms with Crippen LogP contribution in [0.25, 0.3) is 5.57 Å². The molecule has 222 valence electrons. The molecule has 1 aliphatic rings. The first-order valence-corrected chi connectivity index (χ1v) is 16.0. The van der Waals surface area contributed by atoms with Gasteiger partial charge >= 0.3 is 0 Å². The highest BCUT2D eigenvalue weighted by molar-refractivity contribution is 5.86. The van der Waals surface area contributed by atoms with Crippen LogP contribution in [0.15, 0.2) is 102 Å². The molecule has 0 heterocycles. The first-order chi connectivity index (χ1) is 20.4. The van der Waals surface area contributed by atoms with E-state index in [4.69, 9.17) is 0 Å². The lowest BCUT2D eigenvalue weighted by Gasteiger charge is -2.54. The summed E-state index contributed by atoms with van der Waals surface area (Å²) in [6, 6.07) is 31.9. The smallest absolute Gasteiger partial charge is 0.00276 e. The highest BCUT2D eigenvalue weighted by Crippen LogP contribution is 2.61. The van der Waals surface area contributed by atoms with Gasteiger partial charge in [0, 0.05) is 10.8 Å². The third-order valence-corrected chi connectivity index (χ3v) is 11.3. The van der Waals surface area contributed by atoms with Gasteiger partial charge in [0.25, 0.3) is 0 Å². The number of rotatable bonds is 7. The second-order valence-electron chi connectivity index (χ2n) is 13.8. The number of aryl methyl sites for hydroxylation is 4. The van der Waals surface area contributed by atoms with Gasteiger partial charge in [0.2, 0.25) is 0 Å². The molecular formula is C43H50. The van der Waals surface area contributed by atoms with E-state index in [9.17, 15) is 0 Å². The Kier molecular flexibility index (Phi) is 8.45. The molecule has 2 unspecified atom stereocenters.